The van der Waals surface area contributed by atoms with Gasteiger partial charge in [-0.3, -0.25) is 0 Å². The first kappa shape index (κ1) is 30.9. The van der Waals surface area contributed by atoms with Crippen molar-refractivity contribution in [1.82, 2.24) is 10.4 Å². The van der Waals surface area contributed by atoms with E-state index in [1.807, 2.05) is 38.1 Å². The normalized spacial score (nSPS) is 16.5. The zero-order valence-corrected chi connectivity index (χ0v) is 24.8. The van der Waals surface area contributed by atoms with Gasteiger partial charge in [0.15, 0.2) is 0 Å². The molecule has 1 aromatic carbocycles. The van der Waals surface area contributed by atoms with Crippen molar-refractivity contribution in [3.05, 3.63) is 52.2 Å². The molecule has 1 aliphatic heterocycles. The number of carbonyl (C=O) groups excluding carboxylic acids is 3. The fourth-order valence-corrected chi connectivity index (χ4v) is 4.06. The van der Waals surface area contributed by atoms with E-state index in [9.17, 15) is 14.4 Å². The monoisotopic (exact) mass is 528 g/mol. The van der Waals surface area contributed by atoms with Gasteiger partial charge in [-0.1, -0.05) is 43.7 Å². The minimum Gasteiger partial charge on any atom is -0.466 e. The Hall–Kier alpha value is -3.29. The number of allylic oxidation sites excluding steroid dienone is 1. The Morgan fingerprint density at radius 1 is 1.03 bits per heavy atom. The summed E-state index contributed by atoms with van der Waals surface area (Å²) in [6.07, 6.45) is -0.0506. The van der Waals surface area contributed by atoms with Crippen LogP contribution in [0.25, 0.3) is 5.57 Å². The third-order valence-corrected chi connectivity index (χ3v) is 5.90. The second-order valence-corrected chi connectivity index (χ2v) is 12.2. The highest BCUT2D eigenvalue weighted by Gasteiger charge is 2.40. The van der Waals surface area contributed by atoms with Crippen molar-refractivity contribution >= 4 is 23.6 Å². The third kappa shape index (κ3) is 7.85. The second kappa shape index (κ2) is 12.0. The molecule has 1 heterocycles. The summed E-state index contributed by atoms with van der Waals surface area (Å²) in [5.41, 5.74) is 2.78. The number of ether oxygens (including phenoxy) is 2. The molecule has 0 spiro atoms. The van der Waals surface area contributed by atoms with Crippen molar-refractivity contribution in [3.63, 3.8) is 0 Å². The molecule has 0 aromatic heterocycles. The van der Waals surface area contributed by atoms with Crippen molar-refractivity contribution in [3.8, 4) is 0 Å². The lowest BCUT2D eigenvalue weighted by molar-refractivity contribution is -0.199. The van der Waals surface area contributed by atoms with Gasteiger partial charge in [0.1, 0.15) is 5.60 Å². The minimum absolute atomic E-state index is 0.0525. The first-order chi connectivity index (χ1) is 17.5. The molecule has 1 amide bonds. The minimum atomic E-state index is -0.774. The molecule has 0 aliphatic carbocycles. The van der Waals surface area contributed by atoms with Crippen LogP contribution in [-0.2, 0) is 23.9 Å². The maximum Gasteiger partial charge on any atom is 0.407 e. The number of hydrogen-bond acceptors (Lipinski definition) is 7. The number of nitrogens with zero attached hydrogens (tertiary/aromatic N) is 1. The number of benzene rings is 1. The Bertz CT molecular complexity index is 1100. The number of esters is 1. The molecule has 0 bridgehead atoms. The summed E-state index contributed by atoms with van der Waals surface area (Å²) in [6.45, 7) is 18.7. The van der Waals surface area contributed by atoms with E-state index in [0.29, 0.717) is 28.8 Å². The van der Waals surface area contributed by atoms with Gasteiger partial charge in [0, 0.05) is 17.7 Å². The topological polar surface area (TPSA) is 94.2 Å². The van der Waals surface area contributed by atoms with Crippen LogP contribution in [0.15, 0.2) is 41.1 Å². The number of rotatable bonds is 7. The quantitative estimate of drug-likeness (QED) is 0.437. The Morgan fingerprint density at radius 3 is 2.08 bits per heavy atom. The van der Waals surface area contributed by atoms with Crippen LogP contribution < -0.4 is 5.32 Å². The molecule has 1 unspecified atom stereocenters. The lowest BCUT2D eigenvalue weighted by atomic mass is 9.83. The number of alkyl carbamates (subject to hydrolysis) is 1. The predicted octanol–water partition coefficient (Wildman–Crippen LogP) is 5.95. The Balaban J connectivity index is 2.82. The number of nitrogens with one attached hydrogen (secondary N) is 1. The molecule has 1 aromatic rings. The van der Waals surface area contributed by atoms with Gasteiger partial charge in [0.05, 0.1) is 29.8 Å². The van der Waals surface area contributed by atoms with Gasteiger partial charge in [-0.05, 0) is 73.3 Å². The van der Waals surface area contributed by atoms with Crippen LogP contribution in [0.2, 0.25) is 0 Å². The van der Waals surface area contributed by atoms with Crippen LogP contribution in [0.4, 0.5) is 4.79 Å². The van der Waals surface area contributed by atoms with Crippen molar-refractivity contribution in [2.75, 3.05) is 13.7 Å². The molecule has 2 rings (SSSR count). The predicted molar refractivity (Wildman–Crippen MR) is 148 cm³/mol. The molecule has 0 fully saturated rings. The van der Waals surface area contributed by atoms with E-state index < -0.39 is 35.1 Å². The first-order valence-corrected chi connectivity index (χ1v) is 13.1. The van der Waals surface area contributed by atoms with Crippen LogP contribution in [-0.4, -0.2) is 48.4 Å². The molecule has 0 saturated carbocycles. The molecule has 210 valence electrons. The summed E-state index contributed by atoms with van der Waals surface area (Å²) in [5.74, 6) is -0.792. The zero-order valence-electron chi connectivity index (χ0n) is 24.8. The van der Waals surface area contributed by atoms with Gasteiger partial charge < -0.3 is 19.6 Å². The van der Waals surface area contributed by atoms with Crippen molar-refractivity contribution < 1.29 is 28.7 Å². The summed E-state index contributed by atoms with van der Waals surface area (Å²) < 4.78 is 10.7. The smallest absolute Gasteiger partial charge is 0.407 e. The number of aryl methyl sites for hydroxylation is 1. The van der Waals surface area contributed by atoms with Gasteiger partial charge in [-0.25, -0.2) is 19.4 Å². The molecule has 1 atom stereocenters. The molecular weight excluding hydrogens is 484 g/mol. The van der Waals surface area contributed by atoms with Crippen molar-refractivity contribution in [2.24, 2.45) is 11.3 Å². The summed E-state index contributed by atoms with van der Waals surface area (Å²) in [4.78, 5) is 45.0. The maximum atomic E-state index is 13.3. The van der Waals surface area contributed by atoms with Crippen molar-refractivity contribution in [2.45, 2.75) is 87.3 Å². The molecule has 1 N–H and O–H groups in total. The van der Waals surface area contributed by atoms with Crippen LogP contribution in [0.5, 0.6) is 0 Å². The molecular formula is C30H44N2O6. The average molecular weight is 529 g/mol. The highest BCUT2D eigenvalue weighted by atomic mass is 16.7. The fourth-order valence-electron chi connectivity index (χ4n) is 4.06. The van der Waals surface area contributed by atoms with Gasteiger partial charge in [-0.15, -0.1) is 0 Å². The highest BCUT2D eigenvalue weighted by Crippen LogP contribution is 2.41. The third-order valence-electron chi connectivity index (χ3n) is 5.90. The SMILES string of the molecule is COC(=O)C1=C(c2ccc(C)cc2)C(CNC(=O)OC(C)(C)C)=C(CC(C)C)N(OC(=O)C(C)(C)C)C1C. The summed E-state index contributed by atoms with van der Waals surface area (Å²) in [7, 11) is 1.33. The maximum absolute atomic E-state index is 13.3. The van der Waals surface area contributed by atoms with E-state index in [1.54, 1.807) is 41.5 Å². The number of hydroxylamine groups is 2. The molecule has 38 heavy (non-hydrogen) atoms. The van der Waals surface area contributed by atoms with Crippen LogP contribution >= 0.6 is 0 Å². The Labute approximate surface area is 227 Å². The van der Waals surface area contributed by atoms with E-state index in [1.165, 1.54) is 12.2 Å². The van der Waals surface area contributed by atoms with E-state index in [0.717, 1.165) is 11.1 Å². The molecule has 8 heteroatoms. The molecule has 1 aliphatic rings. The second-order valence-electron chi connectivity index (χ2n) is 12.2. The molecule has 0 radical (unpaired) electrons. The zero-order chi connectivity index (χ0) is 29.0. The largest absolute Gasteiger partial charge is 0.466 e. The average Bonchev–Trinajstić information content (AvgIpc) is 2.78. The first-order valence-electron chi connectivity index (χ1n) is 13.1. The van der Waals surface area contributed by atoms with Crippen LogP contribution in [0, 0.1) is 18.3 Å². The summed E-state index contributed by atoms with van der Waals surface area (Å²) >= 11 is 0. The van der Waals surface area contributed by atoms with E-state index >= 15 is 0 Å². The number of amides is 1. The van der Waals surface area contributed by atoms with Gasteiger partial charge in [0.25, 0.3) is 0 Å². The number of methoxy groups -OCH3 is 1. The number of hydrogen-bond donors (Lipinski definition) is 1. The lowest BCUT2D eigenvalue weighted by Gasteiger charge is -2.40. The van der Waals surface area contributed by atoms with E-state index in [-0.39, 0.29) is 12.5 Å². The lowest BCUT2D eigenvalue weighted by Crippen LogP contribution is -2.45. The van der Waals surface area contributed by atoms with Crippen LogP contribution in [0.3, 0.4) is 0 Å². The fraction of sp³-hybridized carbons (Fsp3) is 0.567. The van der Waals surface area contributed by atoms with E-state index in [2.05, 4.69) is 19.2 Å². The van der Waals surface area contributed by atoms with Gasteiger partial charge in [0.2, 0.25) is 0 Å². The molecule has 0 saturated heterocycles. The Kier molecular flexibility index (Phi) is 9.81. The molecule has 8 nitrogen and oxygen atoms in total. The summed E-state index contributed by atoms with van der Waals surface area (Å²) in [6, 6.07) is 7.18. The van der Waals surface area contributed by atoms with Crippen molar-refractivity contribution in [1.29, 1.82) is 0 Å². The van der Waals surface area contributed by atoms with Gasteiger partial charge in [-0.2, -0.15) is 0 Å². The van der Waals surface area contributed by atoms with E-state index in [4.69, 9.17) is 14.3 Å². The Morgan fingerprint density at radius 2 is 1.61 bits per heavy atom. The highest BCUT2D eigenvalue weighted by molar-refractivity contribution is 6.04. The standard InChI is InChI=1S/C30H44N2O6/c1-18(2)16-23-22(17-31-28(35)37-30(8,9)10)25(21-14-12-19(3)13-15-21)24(26(33)36-11)20(4)32(23)38-27(34)29(5,6)7/h12-15,18,20H,16-17H2,1-11H3,(H,31,35). The summed E-state index contributed by atoms with van der Waals surface area (Å²) in [5, 5.41) is 4.36. The van der Waals surface area contributed by atoms with Crippen LogP contribution in [0.1, 0.15) is 79.9 Å². The van der Waals surface area contributed by atoms with Gasteiger partial charge >= 0.3 is 18.0 Å². The number of carbonyl (C=O) groups is 3.